The van der Waals surface area contributed by atoms with Gasteiger partial charge in [0.25, 0.3) is 0 Å². The van der Waals surface area contributed by atoms with Crippen molar-refractivity contribution in [3.05, 3.63) is 71.8 Å². The van der Waals surface area contributed by atoms with Gasteiger partial charge in [0.2, 0.25) is 11.7 Å². The lowest BCUT2D eigenvalue weighted by Crippen LogP contribution is -2.25. The maximum atomic E-state index is 12.7. The number of nitrogens with one attached hydrogen (secondary N) is 1. The van der Waals surface area contributed by atoms with E-state index in [1.165, 1.54) is 38.3 Å². The molecule has 0 fully saturated rings. The molecule has 0 aliphatic heterocycles. The molecule has 1 atom stereocenters. The predicted octanol–water partition coefficient (Wildman–Crippen LogP) is 5.23. The third kappa shape index (κ3) is 4.51. The minimum Gasteiger partial charge on any atom is -0.493 e. The van der Waals surface area contributed by atoms with E-state index in [1.807, 2.05) is 18.2 Å². The van der Waals surface area contributed by atoms with E-state index in [0.29, 0.717) is 22.8 Å². The molecule has 1 unspecified atom stereocenters. The van der Waals surface area contributed by atoms with Gasteiger partial charge in [0.1, 0.15) is 6.04 Å². The Morgan fingerprint density at radius 3 is 2.31 bits per heavy atom. The summed E-state index contributed by atoms with van der Waals surface area (Å²) in [7, 11) is 4.50. The standard InChI is InChI=1S/C28H27N3O4/c1-5-31-23-9-7-6-8-20(23)21-14-18(10-12-24(21)31)11-13-27(32)30-22(17-29)19-15-25(33-2)28(35-4)26(16-19)34-3/h6-16,22H,5H2,1-4H3,(H,30,32)/b13-11+. The number of carbonyl (C=O) groups excluding carboxylic acids is 1. The molecule has 0 aliphatic rings. The number of hydrogen-bond donors (Lipinski definition) is 1. The molecule has 4 aromatic rings. The highest BCUT2D eigenvalue weighted by Gasteiger charge is 2.19. The van der Waals surface area contributed by atoms with Crippen molar-refractivity contribution in [3.8, 4) is 23.3 Å². The SMILES string of the molecule is CCn1c2ccccc2c2cc(/C=C/C(=O)NC(C#N)c3cc(OC)c(OC)c(OC)c3)ccc21. The number of hydrogen-bond acceptors (Lipinski definition) is 5. The Hall–Kier alpha value is -4.44. The van der Waals surface area contributed by atoms with Gasteiger partial charge in [-0.3, -0.25) is 4.79 Å². The average Bonchev–Trinajstić information content (AvgIpc) is 3.22. The molecule has 1 amide bonds. The molecule has 1 aromatic heterocycles. The summed E-state index contributed by atoms with van der Waals surface area (Å²) in [5.41, 5.74) is 3.76. The number of nitriles is 1. The number of amides is 1. The van der Waals surface area contributed by atoms with Gasteiger partial charge in [-0.15, -0.1) is 0 Å². The van der Waals surface area contributed by atoms with Crippen molar-refractivity contribution in [1.82, 2.24) is 9.88 Å². The molecule has 7 nitrogen and oxygen atoms in total. The molecule has 0 saturated carbocycles. The molecule has 178 valence electrons. The fourth-order valence-corrected chi connectivity index (χ4v) is 4.34. The molecule has 3 aromatic carbocycles. The highest BCUT2D eigenvalue weighted by molar-refractivity contribution is 6.08. The first-order valence-electron chi connectivity index (χ1n) is 11.2. The lowest BCUT2D eigenvalue weighted by Gasteiger charge is -2.17. The van der Waals surface area contributed by atoms with Crippen LogP contribution in [0.5, 0.6) is 17.2 Å². The lowest BCUT2D eigenvalue weighted by atomic mass is 10.1. The van der Waals surface area contributed by atoms with Crippen LogP contribution in [0.25, 0.3) is 27.9 Å². The molecule has 4 rings (SSSR count). The Morgan fingerprint density at radius 2 is 1.69 bits per heavy atom. The first kappa shape index (κ1) is 23.7. The van der Waals surface area contributed by atoms with E-state index in [-0.39, 0.29) is 5.91 Å². The number of fused-ring (bicyclic) bond motifs is 3. The molecule has 1 N–H and O–H groups in total. The molecule has 0 saturated heterocycles. The first-order valence-corrected chi connectivity index (χ1v) is 11.2. The van der Waals surface area contributed by atoms with Crippen LogP contribution >= 0.6 is 0 Å². The van der Waals surface area contributed by atoms with Crippen molar-refractivity contribution < 1.29 is 19.0 Å². The van der Waals surface area contributed by atoms with Crippen LogP contribution in [-0.2, 0) is 11.3 Å². The number of aromatic nitrogens is 1. The Balaban J connectivity index is 1.58. The van der Waals surface area contributed by atoms with Crippen molar-refractivity contribution >= 4 is 33.8 Å². The van der Waals surface area contributed by atoms with Gasteiger partial charge in [-0.2, -0.15) is 5.26 Å². The van der Waals surface area contributed by atoms with E-state index in [4.69, 9.17) is 14.2 Å². The third-order valence-corrected chi connectivity index (χ3v) is 5.98. The van der Waals surface area contributed by atoms with Crippen LogP contribution in [0.2, 0.25) is 0 Å². The van der Waals surface area contributed by atoms with Crippen LogP contribution in [0, 0.1) is 11.3 Å². The smallest absolute Gasteiger partial charge is 0.245 e. The summed E-state index contributed by atoms with van der Waals surface area (Å²) in [5.74, 6) is 0.848. The summed E-state index contributed by atoms with van der Waals surface area (Å²) in [6, 6.07) is 19.0. The highest BCUT2D eigenvalue weighted by Crippen LogP contribution is 2.39. The molecule has 0 spiro atoms. The van der Waals surface area contributed by atoms with Gasteiger partial charge in [0.05, 0.1) is 27.4 Å². The van der Waals surface area contributed by atoms with Gasteiger partial charge in [-0.25, -0.2) is 0 Å². The number of ether oxygens (including phenoxy) is 3. The molecule has 0 bridgehead atoms. The van der Waals surface area contributed by atoms with Gasteiger partial charge < -0.3 is 24.1 Å². The molecule has 0 aliphatic carbocycles. The number of benzene rings is 3. The van der Waals surface area contributed by atoms with Crippen LogP contribution in [0.15, 0.2) is 60.7 Å². The minimum atomic E-state index is -0.897. The van der Waals surface area contributed by atoms with Crippen molar-refractivity contribution in [2.75, 3.05) is 21.3 Å². The molecular formula is C28H27N3O4. The fourth-order valence-electron chi connectivity index (χ4n) is 4.34. The van der Waals surface area contributed by atoms with Crippen LogP contribution in [0.1, 0.15) is 24.1 Å². The van der Waals surface area contributed by atoms with Crippen LogP contribution < -0.4 is 19.5 Å². The topological polar surface area (TPSA) is 85.5 Å². The van der Waals surface area contributed by atoms with E-state index in [0.717, 1.165) is 23.0 Å². The lowest BCUT2D eigenvalue weighted by molar-refractivity contribution is -0.116. The number of rotatable bonds is 8. The second kappa shape index (κ2) is 10.2. The van der Waals surface area contributed by atoms with Gasteiger partial charge in [0, 0.05) is 34.4 Å². The number of methoxy groups -OCH3 is 3. The Morgan fingerprint density at radius 1 is 1.00 bits per heavy atom. The number of nitrogens with zero attached hydrogens (tertiary/aromatic N) is 2. The zero-order chi connectivity index (χ0) is 24.9. The summed E-state index contributed by atoms with van der Waals surface area (Å²) in [4.78, 5) is 12.7. The van der Waals surface area contributed by atoms with E-state index >= 15 is 0 Å². The van der Waals surface area contributed by atoms with Crippen molar-refractivity contribution in [3.63, 3.8) is 0 Å². The van der Waals surface area contributed by atoms with E-state index < -0.39 is 6.04 Å². The van der Waals surface area contributed by atoms with Crippen molar-refractivity contribution in [1.29, 1.82) is 5.26 Å². The normalized spacial score (nSPS) is 12.0. The van der Waals surface area contributed by atoms with Gasteiger partial charge in [0.15, 0.2) is 11.5 Å². The summed E-state index contributed by atoms with van der Waals surface area (Å²) < 4.78 is 18.3. The van der Waals surface area contributed by atoms with Gasteiger partial charge in [-0.1, -0.05) is 24.3 Å². The highest BCUT2D eigenvalue weighted by atomic mass is 16.5. The molecular weight excluding hydrogens is 442 g/mol. The van der Waals surface area contributed by atoms with Crippen LogP contribution in [0.4, 0.5) is 0 Å². The second-order valence-corrected chi connectivity index (χ2v) is 7.90. The maximum Gasteiger partial charge on any atom is 0.245 e. The van der Waals surface area contributed by atoms with Crippen LogP contribution in [0.3, 0.4) is 0 Å². The summed E-state index contributed by atoms with van der Waals surface area (Å²) in [5, 5.41) is 14.8. The molecule has 7 heteroatoms. The Bertz CT molecular complexity index is 1440. The third-order valence-electron chi connectivity index (χ3n) is 5.98. The van der Waals surface area contributed by atoms with Crippen LogP contribution in [-0.4, -0.2) is 31.8 Å². The average molecular weight is 470 g/mol. The Kier molecular flexibility index (Phi) is 6.93. The minimum absolute atomic E-state index is 0.388. The van der Waals surface area contributed by atoms with Crippen molar-refractivity contribution in [2.45, 2.75) is 19.5 Å². The maximum absolute atomic E-state index is 12.7. The quantitative estimate of drug-likeness (QED) is 0.357. The van der Waals surface area contributed by atoms with Crippen molar-refractivity contribution in [2.24, 2.45) is 0 Å². The number of carbonyl (C=O) groups is 1. The summed E-state index contributed by atoms with van der Waals surface area (Å²) >= 11 is 0. The Labute approximate surface area is 204 Å². The summed E-state index contributed by atoms with van der Waals surface area (Å²) in [6.45, 7) is 3.00. The molecule has 1 heterocycles. The first-order chi connectivity index (χ1) is 17.0. The van der Waals surface area contributed by atoms with Gasteiger partial charge in [-0.05, 0) is 54.5 Å². The largest absolute Gasteiger partial charge is 0.493 e. The zero-order valence-electron chi connectivity index (χ0n) is 20.2. The second-order valence-electron chi connectivity index (χ2n) is 7.90. The zero-order valence-corrected chi connectivity index (χ0v) is 20.2. The fraction of sp³-hybridized carbons (Fsp3) is 0.214. The summed E-state index contributed by atoms with van der Waals surface area (Å²) in [6.07, 6.45) is 3.18. The predicted molar refractivity (Wildman–Crippen MR) is 137 cm³/mol. The monoisotopic (exact) mass is 469 g/mol. The van der Waals surface area contributed by atoms with Gasteiger partial charge >= 0.3 is 0 Å². The molecule has 35 heavy (non-hydrogen) atoms. The number of para-hydroxylation sites is 1. The van der Waals surface area contributed by atoms with E-state index in [1.54, 1.807) is 18.2 Å². The van der Waals surface area contributed by atoms with E-state index in [9.17, 15) is 10.1 Å². The molecule has 0 radical (unpaired) electrons. The van der Waals surface area contributed by atoms with E-state index in [2.05, 4.69) is 47.1 Å². The number of aryl methyl sites for hydroxylation is 1.